The monoisotopic (exact) mass is 246 g/mol. The van der Waals surface area contributed by atoms with E-state index in [2.05, 4.69) is 38.1 Å². The molecule has 18 heavy (non-hydrogen) atoms. The van der Waals surface area contributed by atoms with Gasteiger partial charge in [0.25, 0.3) is 0 Å². The number of carbonyl (C=O) groups is 1. The van der Waals surface area contributed by atoms with Crippen molar-refractivity contribution in [3.63, 3.8) is 0 Å². The van der Waals surface area contributed by atoms with Gasteiger partial charge in [0.05, 0.1) is 0 Å². The predicted molar refractivity (Wildman–Crippen MR) is 75.4 cm³/mol. The Morgan fingerprint density at radius 2 is 1.89 bits per heavy atom. The van der Waals surface area contributed by atoms with E-state index in [0.717, 1.165) is 12.0 Å². The van der Waals surface area contributed by atoms with Gasteiger partial charge in [-0.15, -0.1) is 0 Å². The summed E-state index contributed by atoms with van der Waals surface area (Å²) < 4.78 is 5.16. The summed E-state index contributed by atoms with van der Waals surface area (Å²) in [6.07, 6.45) is 4.60. The van der Waals surface area contributed by atoms with Crippen LogP contribution in [0.5, 0.6) is 0 Å². The highest BCUT2D eigenvalue weighted by Crippen LogP contribution is 2.15. The third kappa shape index (κ3) is 4.74. The van der Waals surface area contributed by atoms with E-state index in [4.69, 9.17) is 4.74 Å². The van der Waals surface area contributed by atoms with E-state index in [9.17, 15) is 4.79 Å². The molecule has 2 heteroatoms. The topological polar surface area (TPSA) is 26.3 Å². The first-order valence-electron chi connectivity index (χ1n) is 6.48. The molecule has 0 heterocycles. The molecule has 0 saturated heterocycles. The van der Waals surface area contributed by atoms with Gasteiger partial charge in [-0.3, -0.25) is 4.79 Å². The summed E-state index contributed by atoms with van der Waals surface area (Å²) in [4.78, 5) is 10.9. The lowest BCUT2D eigenvalue weighted by atomic mass is 10.0. The molecule has 0 aliphatic carbocycles. The van der Waals surface area contributed by atoms with E-state index in [1.54, 1.807) is 0 Å². The van der Waals surface area contributed by atoms with Crippen LogP contribution < -0.4 is 0 Å². The van der Waals surface area contributed by atoms with Crippen molar-refractivity contribution in [1.29, 1.82) is 0 Å². The summed E-state index contributed by atoms with van der Waals surface area (Å²) in [6, 6.07) is 8.45. The van der Waals surface area contributed by atoms with Crippen molar-refractivity contribution in [3.05, 3.63) is 41.5 Å². The van der Waals surface area contributed by atoms with Gasteiger partial charge < -0.3 is 4.74 Å². The van der Waals surface area contributed by atoms with Crippen LogP contribution in [-0.4, -0.2) is 12.1 Å². The molecule has 0 fully saturated rings. The molecule has 0 aliphatic heterocycles. The molecule has 1 aromatic carbocycles. The SMILES string of the molecule is CCC(C=Cc1ccc(C(C)C)cc1)OC(C)=O. The molecule has 0 aromatic heterocycles. The number of hydrogen-bond donors (Lipinski definition) is 0. The molecule has 0 spiro atoms. The van der Waals surface area contributed by atoms with Gasteiger partial charge in [0, 0.05) is 6.92 Å². The van der Waals surface area contributed by atoms with E-state index in [-0.39, 0.29) is 12.1 Å². The third-order valence-electron chi connectivity index (χ3n) is 2.83. The van der Waals surface area contributed by atoms with Crippen LogP contribution in [0.4, 0.5) is 0 Å². The second-order valence-corrected chi connectivity index (χ2v) is 4.74. The standard InChI is InChI=1S/C16H22O2/c1-5-16(18-13(4)17)11-8-14-6-9-15(10-7-14)12(2)3/h6-12,16H,5H2,1-4H3. The molecular formula is C16H22O2. The molecule has 0 aliphatic rings. The van der Waals surface area contributed by atoms with E-state index in [1.807, 2.05) is 19.1 Å². The molecular weight excluding hydrogens is 224 g/mol. The van der Waals surface area contributed by atoms with Crippen LogP contribution in [0.25, 0.3) is 6.08 Å². The number of ether oxygens (including phenoxy) is 1. The van der Waals surface area contributed by atoms with E-state index >= 15 is 0 Å². The van der Waals surface area contributed by atoms with Gasteiger partial charge in [0.2, 0.25) is 0 Å². The summed E-state index contributed by atoms with van der Waals surface area (Å²) in [5, 5.41) is 0. The van der Waals surface area contributed by atoms with Crippen molar-refractivity contribution in [1.82, 2.24) is 0 Å². The van der Waals surface area contributed by atoms with Gasteiger partial charge in [-0.25, -0.2) is 0 Å². The molecule has 1 aromatic rings. The average molecular weight is 246 g/mol. The van der Waals surface area contributed by atoms with Crippen molar-refractivity contribution >= 4 is 12.0 Å². The van der Waals surface area contributed by atoms with Crippen molar-refractivity contribution in [2.24, 2.45) is 0 Å². The quantitative estimate of drug-likeness (QED) is 0.729. The molecule has 98 valence electrons. The highest BCUT2D eigenvalue weighted by molar-refractivity contribution is 5.66. The number of hydrogen-bond acceptors (Lipinski definition) is 2. The van der Waals surface area contributed by atoms with Crippen LogP contribution >= 0.6 is 0 Å². The third-order valence-corrected chi connectivity index (χ3v) is 2.83. The fraction of sp³-hybridized carbons (Fsp3) is 0.438. The summed E-state index contributed by atoms with van der Waals surface area (Å²) in [7, 11) is 0. The average Bonchev–Trinajstić information content (AvgIpc) is 2.34. The Kier molecular flexibility index (Phi) is 5.63. The largest absolute Gasteiger partial charge is 0.458 e. The minimum absolute atomic E-state index is 0.132. The molecule has 0 N–H and O–H groups in total. The first kappa shape index (κ1) is 14.5. The molecule has 1 rings (SSSR count). The fourth-order valence-corrected chi connectivity index (χ4v) is 1.68. The first-order valence-corrected chi connectivity index (χ1v) is 6.48. The minimum atomic E-state index is -0.235. The Balaban J connectivity index is 2.68. The predicted octanol–water partition coefficient (Wildman–Crippen LogP) is 4.16. The van der Waals surface area contributed by atoms with Gasteiger partial charge in [-0.2, -0.15) is 0 Å². The summed E-state index contributed by atoms with van der Waals surface area (Å²) in [6.45, 7) is 7.80. The van der Waals surface area contributed by atoms with Crippen molar-refractivity contribution in [3.8, 4) is 0 Å². The molecule has 0 saturated carbocycles. The first-order chi connectivity index (χ1) is 8.52. The van der Waals surface area contributed by atoms with E-state index in [1.165, 1.54) is 12.5 Å². The van der Waals surface area contributed by atoms with E-state index in [0.29, 0.717) is 5.92 Å². The zero-order valence-corrected chi connectivity index (χ0v) is 11.6. The number of esters is 1. The lowest BCUT2D eigenvalue weighted by Gasteiger charge is -2.10. The van der Waals surface area contributed by atoms with Crippen molar-refractivity contribution in [2.75, 3.05) is 0 Å². The Morgan fingerprint density at radius 1 is 1.28 bits per heavy atom. The smallest absolute Gasteiger partial charge is 0.303 e. The maximum atomic E-state index is 10.9. The Hall–Kier alpha value is -1.57. The summed E-state index contributed by atoms with van der Waals surface area (Å²) in [5.41, 5.74) is 2.46. The second-order valence-electron chi connectivity index (χ2n) is 4.74. The van der Waals surface area contributed by atoms with Crippen LogP contribution in [0, 0.1) is 0 Å². The molecule has 1 atom stereocenters. The van der Waals surface area contributed by atoms with Crippen LogP contribution in [0.2, 0.25) is 0 Å². The van der Waals surface area contributed by atoms with Gasteiger partial charge in [0.15, 0.2) is 0 Å². The summed E-state index contributed by atoms with van der Waals surface area (Å²) >= 11 is 0. The lowest BCUT2D eigenvalue weighted by Crippen LogP contribution is -2.11. The fourth-order valence-electron chi connectivity index (χ4n) is 1.68. The van der Waals surface area contributed by atoms with Crippen LogP contribution in [0.15, 0.2) is 30.3 Å². The maximum absolute atomic E-state index is 10.9. The van der Waals surface area contributed by atoms with Gasteiger partial charge in [0.1, 0.15) is 6.10 Å². The zero-order valence-electron chi connectivity index (χ0n) is 11.6. The van der Waals surface area contributed by atoms with Gasteiger partial charge >= 0.3 is 5.97 Å². The van der Waals surface area contributed by atoms with Gasteiger partial charge in [-0.1, -0.05) is 51.1 Å². The number of rotatable bonds is 5. The Morgan fingerprint density at radius 3 is 2.33 bits per heavy atom. The lowest BCUT2D eigenvalue weighted by molar-refractivity contribution is -0.144. The highest BCUT2D eigenvalue weighted by Gasteiger charge is 2.04. The van der Waals surface area contributed by atoms with Gasteiger partial charge in [-0.05, 0) is 29.5 Å². The molecule has 1 unspecified atom stereocenters. The normalized spacial score (nSPS) is 12.9. The molecule has 0 bridgehead atoms. The van der Waals surface area contributed by atoms with Crippen molar-refractivity contribution in [2.45, 2.75) is 46.1 Å². The minimum Gasteiger partial charge on any atom is -0.458 e. The zero-order chi connectivity index (χ0) is 13.5. The number of carbonyl (C=O) groups excluding carboxylic acids is 1. The van der Waals surface area contributed by atoms with E-state index < -0.39 is 0 Å². The van der Waals surface area contributed by atoms with Crippen LogP contribution in [-0.2, 0) is 9.53 Å². The van der Waals surface area contributed by atoms with Crippen LogP contribution in [0.1, 0.15) is 51.2 Å². The van der Waals surface area contributed by atoms with Crippen molar-refractivity contribution < 1.29 is 9.53 Å². The molecule has 0 amide bonds. The van der Waals surface area contributed by atoms with Crippen LogP contribution in [0.3, 0.4) is 0 Å². The Bertz CT molecular complexity index is 402. The maximum Gasteiger partial charge on any atom is 0.303 e. The summed E-state index contributed by atoms with van der Waals surface area (Å²) in [5.74, 6) is 0.314. The molecule has 0 radical (unpaired) electrons. The number of benzene rings is 1. The Labute approximate surface area is 110 Å². The second kappa shape index (κ2) is 7.00. The highest BCUT2D eigenvalue weighted by atomic mass is 16.5. The molecule has 2 nitrogen and oxygen atoms in total.